The number of H-pyrrole nitrogens is 1. The molecule has 0 radical (unpaired) electrons. The van der Waals surface area contributed by atoms with Gasteiger partial charge in [0.1, 0.15) is 0 Å². The summed E-state index contributed by atoms with van der Waals surface area (Å²) in [7, 11) is 3.30. The molecular weight excluding hydrogens is 254 g/mol. The molecule has 2 rings (SSSR count). The van der Waals surface area contributed by atoms with Crippen LogP contribution in [0.25, 0.3) is 0 Å². The molecule has 0 bridgehead atoms. The van der Waals surface area contributed by atoms with Gasteiger partial charge in [-0.2, -0.15) is 5.10 Å². The highest BCUT2D eigenvalue weighted by atomic mass is 16.5. The van der Waals surface area contributed by atoms with Gasteiger partial charge in [0.25, 0.3) is 0 Å². The van der Waals surface area contributed by atoms with Crippen molar-refractivity contribution in [1.29, 1.82) is 0 Å². The van der Waals surface area contributed by atoms with Crippen molar-refractivity contribution >= 4 is 0 Å². The number of aromatic amines is 1. The van der Waals surface area contributed by atoms with Crippen LogP contribution in [0, 0.1) is 0 Å². The average molecular weight is 275 g/mol. The predicted molar refractivity (Wildman–Crippen MR) is 78.1 cm³/mol. The summed E-state index contributed by atoms with van der Waals surface area (Å²) in [6, 6.07) is 6.39. The van der Waals surface area contributed by atoms with Crippen LogP contribution in [0.3, 0.4) is 0 Å². The summed E-state index contributed by atoms with van der Waals surface area (Å²) in [4.78, 5) is 0. The Morgan fingerprint density at radius 3 is 2.65 bits per heavy atom. The lowest BCUT2D eigenvalue weighted by Gasteiger charge is -2.15. The summed E-state index contributed by atoms with van der Waals surface area (Å²) in [5, 5.41) is 10.2. The van der Waals surface area contributed by atoms with Gasteiger partial charge in [-0.05, 0) is 31.0 Å². The van der Waals surface area contributed by atoms with Crippen LogP contribution < -0.4 is 14.8 Å². The highest BCUT2D eigenvalue weighted by molar-refractivity contribution is 5.43. The van der Waals surface area contributed by atoms with Crippen molar-refractivity contribution in [2.75, 3.05) is 14.2 Å². The van der Waals surface area contributed by atoms with Crippen molar-refractivity contribution in [2.24, 2.45) is 0 Å². The summed E-state index contributed by atoms with van der Waals surface area (Å²) in [5.74, 6) is 1.53. The number of methoxy groups -OCH3 is 2. The summed E-state index contributed by atoms with van der Waals surface area (Å²) >= 11 is 0. The van der Waals surface area contributed by atoms with Crippen LogP contribution in [-0.2, 0) is 13.0 Å². The molecule has 1 aromatic heterocycles. The first-order chi connectivity index (χ1) is 9.72. The second-order valence-corrected chi connectivity index (χ2v) is 4.78. The van der Waals surface area contributed by atoms with E-state index < -0.39 is 0 Å². The Balaban J connectivity index is 1.91. The standard InChI is InChI=1S/C15H21N3O2/c1-11(16-8-13-9-17-18-10-13)6-12-4-5-14(19-2)15(7-12)20-3/h4-5,7,9-11,16H,6,8H2,1-3H3,(H,17,18). The molecule has 0 spiro atoms. The fourth-order valence-electron chi connectivity index (χ4n) is 2.10. The van der Waals surface area contributed by atoms with Crippen molar-refractivity contribution in [3.63, 3.8) is 0 Å². The Morgan fingerprint density at radius 1 is 1.20 bits per heavy atom. The Labute approximate surface area is 119 Å². The monoisotopic (exact) mass is 275 g/mol. The molecule has 1 unspecified atom stereocenters. The second-order valence-electron chi connectivity index (χ2n) is 4.78. The first kappa shape index (κ1) is 14.4. The normalized spacial score (nSPS) is 12.2. The molecule has 1 heterocycles. The van der Waals surface area contributed by atoms with Gasteiger partial charge in [0, 0.05) is 24.3 Å². The van der Waals surface area contributed by atoms with Gasteiger partial charge in [-0.1, -0.05) is 6.07 Å². The molecular formula is C15H21N3O2. The van der Waals surface area contributed by atoms with E-state index >= 15 is 0 Å². The predicted octanol–water partition coefficient (Wildman–Crippen LogP) is 2.15. The third kappa shape index (κ3) is 3.74. The lowest BCUT2D eigenvalue weighted by molar-refractivity contribution is 0.354. The quantitative estimate of drug-likeness (QED) is 0.813. The molecule has 2 N–H and O–H groups in total. The van der Waals surface area contributed by atoms with Crippen LogP contribution in [0.2, 0.25) is 0 Å². The Morgan fingerprint density at radius 2 is 2.00 bits per heavy atom. The molecule has 1 atom stereocenters. The lowest BCUT2D eigenvalue weighted by Crippen LogP contribution is -2.27. The molecule has 5 nitrogen and oxygen atoms in total. The van der Waals surface area contributed by atoms with Gasteiger partial charge in [-0.3, -0.25) is 5.10 Å². The first-order valence-electron chi connectivity index (χ1n) is 6.65. The van der Waals surface area contributed by atoms with E-state index in [9.17, 15) is 0 Å². The summed E-state index contributed by atoms with van der Waals surface area (Å²) in [5.41, 5.74) is 2.37. The molecule has 20 heavy (non-hydrogen) atoms. The van der Waals surface area contributed by atoms with E-state index in [1.807, 2.05) is 24.5 Å². The van der Waals surface area contributed by atoms with E-state index in [4.69, 9.17) is 9.47 Å². The molecule has 0 fully saturated rings. The first-order valence-corrected chi connectivity index (χ1v) is 6.65. The highest BCUT2D eigenvalue weighted by Gasteiger charge is 2.08. The molecule has 0 saturated carbocycles. The van der Waals surface area contributed by atoms with Gasteiger partial charge in [-0.25, -0.2) is 0 Å². The van der Waals surface area contributed by atoms with Crippen molar-refractivity contribution in [3.8, 4) is 11.5 Å². The van der Waals surface area contributed by atoms with Crippen molar-refractivity contribution < 1.29 is 9.47 Å². The summed E-state index contributed by atoms with van der Waals surface area (Å²) in [6.45, 7) is 2.97. The fourth-order valence-corrected chi connectivity index (χ4v) is 2.10. The van der Waals surface area contributed by atoms with Crippen LogP contribution in [-0.4, -0.2) is 30.5 Å². The van der Waals surface area contributed by atoms with Gasteiger partial charge in [0.05, 0.1) is 20.4 Å². The van der Waals surface area contributed by atoms with Crippen molar-refractivity contribution in [3.05, 3.63) is 41.7 Å². The molecule has 1 aromatic carbocycles. The number of hydrogen-bond acceptors (Lipinski definition) is 4. The van der Waals surface area contributed by atoms with E-state index in [1.54, 1.807) is 14.2 Å². The van der Waals surface area contributed by atoms with Gasteiger partial charge in [-0.15, -0.1) is 0 Å². The maximum atomic E-state index is 5.32. The fraction of sp³-hybridized carbons (Fsp3) is 0.400. The molecule has 0 saturated heterocycles. The summed E-state index contributed by atoms with van der Waals surface area (Å²) < 4.78 is 10.6. The number of rotatable bonds is 7. The second kappa shape index (κ2) is 6.96. The Kier molecular flexibility index (Phi) is 5.01. The largest absolute Gasteiger partial charge is 0.493 e. The zero-order valence-corrected chi connectivity index (χ0v) is 12.1. The maximum Gasteiger partial charge on any atom is 0.160 e. The average Bonchev–Trinajstić information content (AvgIpc) is 2.98. The Bertz CT molecular complexity index is 526. The third-order valence-corrected chi connectivity index (χ3v) is 3.20. The minimum absolute atomic E-state index is 0.364. The van der Waals surface area contributed by atoms with Crippen LogP contribution in [0.1, 0.15) is 18.1 Å². The minimum Gasteiger partial charge on any atom is -0.493 e. The van der Waals surface area contributed by atoms with E-state index in [0.29, 0.717) is 6.04 Å². The summed E-state index contributed by atoms with van der Waals surface area (Å²) in [6.07, 6.45) is 4.66. The maximum absolute atomic E-state index is 5.32. The molecule has 0 aliphatic rings. The number of aromatic nitrogens is 2. The van der Waals surface area contributed by atoms with Gasteiger partial charge in [0.15, 0.2) is 11.5 Å². The van der Waals surface area contributed by atoms with Crippen LogP contribution in [0.4, 0.5) is 0 Å². The van der Waals surface area contributed by atoms with Crippen molar-refractivity contribution in [1.82, 2.24) is 15.5 Å². The van der Waals surface area contributed by atoms with E-state index in [-0.39, 0.29) is 0 Å². The topological polar surface area (TPSA) is 59.2 Å². The van der Waals surface area contributed by atoms with E-state index in [1.165, 1.54) is 5.56 Å². The van der Waals surface area contributed by atoms with E-state index in [0.717, 1.165) is 30.0 Å². The number of ether oxygens (including phenoxy) is 2. The van der Waals surface area contributed by atoms with Crippen LogP contribution >= 0.6 is 0 Å². The smallest absolute Gasteiger partial charge is 0.160 e. The van der Waals surface area contributed by atoms with Gasteiger partial charge < -0.3 is 14.8 Å². The molecule has 5 heteroatoms. The number of hydrogen-bond donors (Lipinski definition) is 2. The molecule has 0 aliphatic carbocycles. The molecule has 0 aliphatic heterocycles. The van der Waals surface area contributed by atoms with E-state index in [2.05, 4.69) is 28.5 Å². The number of benzene rings is 1. The van der Waals surface area contributed by atoms with Gasteiger partial charge in [0.2, 0.25) is 0 Å². The number of nitrogens with one attached hydrogen (secondary N) is 2. The Hall–Kier alpha value is -2.01. The van der Waals surface area contributed by atoms with Crippen LogP contribution in [0.5, 0.6) is 11.5 Å². The number of nitrogens with zero attached hydrogens (tertiary/aromatic N) is 1. The zero-order chi connectivity index (χ0) is 14.4. The third-order valence-electron chi connectivity index (χ3n) is 3.20. The lowest BCUT2D eigenvalue weighted by atomic mass is 10.1. The molecule has 2 aromatic rings. The van der Waals surface area contributed by atoms with Crippen LogP contribution in [0.15, 0.2) is 30.6 Å². The minimum atomic E-state index is 0.364. The van der Waals surface area contributed by atoms with Gasteiger partial charge >= 0.3 is 0 Å². The molecule has 108 valence electrons. The zero-order valence-electron chi connectivity index (χ0n) is 12.1. The highest BCUT2D eigenvalue weighted by Crippen LogP contribution is 2.27. The SMILES string of the molecule is COc1ccc(CC(C)NCc2cn[nH]c2)cc1OC. The molecule has 0 amide bonds. The van der Waals surface area contributed by atoms with Crippen molar-refractivity contribution in [2.45, 2.75) is 25.9 Å².